The molecule has 1 heterocycles. The second kappa shape index (κ2) is 5.14. The highest BCUT2D eigenvalue weighted by Crippen LogP contribution is 2.30. The summed E-state index contributed by atoms with van der Waals surface area (Å²) in [6.45, 7) is 1.39. The van der Waals surface area contributed by atoms with Crippen molar-refractivity contribution in [3.63, 3.8) is 0 Å². The zero-order chi connectivity index (χ0) is 13.3. The number of aliphatic hydroxyl groups is 1. The number of hydrogen-bond acceptors (Lipinski definition) is 7. The zero-order valence-electron chi connectivity index (χ0n) is 9.69. The van der Waals surface area contributed by atoms with Crippen LogP contribution in [0.15, 0.2) is 0 Å². The normalized spacial score (nSPS) is 39.2. The van der Waals surface area contributed by atoms with Crippen molar-refractivity contribution in [3.8, 4) is 0 Å². The molecule has 9 heteroatoms. The third-order valence-corrected chi connectivity index (χ3v) is 3.13. The number of hydrogen-bond donors (Lipinski definition) is 2. The van der Waals surface area contributed by atoms with Gasteiger partial charge in [0.2, 0.25) is 0 Å². The van der Waals surface area contributed by atoms with Crippen LogP contribution >= 0.6 is 0 Å². The lowest BCUT2D eigenvalue weighted by atomic mass is 9.98. The quantitative estimate of drug-likeness (QED) is 0.623. The van der Waals surface area contributed by atoms with E-state index >= 15 is 0 Å². The smallest absolute Gasteiger partial charge is 0.387 e. The number of aliphatic hydroxyl groups excluding tert-OH is 1. The maximum atomic E-state index is 10.7. The van der Waals surface area contributed by atoms with Crippen LogP contribution in [0.25, 0.3) is 0 Å². The van der Waals surface area contributed by atoms with E-state index < -0.39 is 34.5 Å². The largest absolute Gasteiger partial charge is 0.397 e. The molecule has 1 saturated heterocycles. The predicted molar refractivity (Wildman–Crippen MR) is 54.6 cm³/mol. The van der Waals surface area contributed by atoms with Crippen LogP contribution in [0.2, 0.25) is 0 Å². The minimum absolute atomic E-state index is 0.00728. The van der Waals surface area contributed by atoms with Crippen LogP contribution in [0.4, 0.5) is 0 Å². The molecule has 1 rings (SSSR count). The fourth-order valence-electron chi connectivity index (χ4n) is 1.59. The SMILES string of the molecule is COC1COC(C)(OC)C(OS(=O)(=O)O)C1O. The molecule has 2 N–H and O–H groups in total. The van der Waals surface area contributed by atoms with E-state index in [0.717, 1.165) is 0 Å². The topological polar surface area (TPSA) is 112 Å². The summed E-state index contributed by atoms with van der Waals surface area (Å²) < 4.78 is 49.6. The summed E-state index contributed by atoms with van der Waals surface area (Å²) in [5.41, 5.74) is 0. The van der Waals surface area contributed by atoms with Crippen LogP contribution in [0.3, 0.4) is 0 Å². The molecule has 8 nitrogen and oxygen atoms in total. The molecule has 0 aromatic heterocycles. The minimum atomic E-state index is -4.75. The van der Waals surface area contributed by atoms with Gasteiger partial charge < -0.3 is 19.3 Å². The summed E-state index contributed by atoms with van der Waals surface area (Å²) in [5, 5.41) is 9.87. The van der Waals surface area contributed by atoms with Crippen LogP contribution in [0.5, 0.6) is 0 Å². The second-order valence-corrected chi connectivity index (χ2v) is 4.79. The molecule has 1 aliphatic heterocycles. The minimum Gasteiger partial charge on any atom is -0.387 e. The van der Waals surface area contributed by atoms with Gasteiger partial charge in [-0.3, -0.25) is 4.55 Å². The van der Waals surface area contributed by atoms with Gasteiger partial charge in [0.05, 0.1) is 6.61 Å². The van der Waals surface area contributed by atoms with E-state index in [1.165, 1.54) is 21.1 Å². The van der Waals surface area contributed by atoms with Crippen molar-refractivity contribution in [1.29, 1.82) is 0 Å². The Kier molecular flexibility index (Phi) is 4.47. The Morgan fingerprint density at radius 3 is 2.41 bits per heavy atom. The van der Waals surface area contributed by atoms with Crippen LogP contribution in [-0.2, 0) is 28.8 Å². The van der Waals surface area contributed by atoms with E-state index in [9.17, 15) is 13.5 Å². The van der Waals surface area contributed by atoms with Gasteiger partial charge in [0.25, 0.3) is 0 Å². The number of ether oxygens (including phenoxy) is 3. The van der Waals surface area contributed by atoms with Crippen molar-refractivity contribution in [2.75, 3.05) is 20.8 Å². The monoisotopic (exact) mass is 272 g/mol. The molecule has 17 heavy (non-hydrogen) atoms. The molecular weight excluding hydrogens is 256 g/mol. The first-order valence-electron chi connectivity index (χ1n) is 4.79. The van der Waals surface area contributed by atoms with Gasteiger partial charge in [0.1, 0.15) is 12.2 Å². The first-order chi connectivity index (χ1) is 7.73. The summed E-state index contributed by atoms with van der Waals surface area (Å²) in [6.07, 6.45) is -3.52. The van der Waals surface area contributed by atoms with Gasteiger partial charge >= 0.3 is 10.4 Å². The Morgan fingerprint density at radius 2 is 2.00 bits per heavy atom. The van der Waals surface area contributed by atoms with Gasteiger partial charge in [-0.15, -0.1) is 0 Å². The Labute approximate surface area is 99.4 Å². The molecular formula is C8H16O8S. The molecule has 0 spiro atoms. The molecule has 4 unspecified atom stereocenters. The molecule has 102 valence electrons. The average Bonchev–Trinajstić information content (AvgIpc) is 2.23. The van der Waals surface area contributed by atoms with Crippen molar-refractivity contribution in [1.82, 2.24) is 0 Å². The van der Waals surface area contributed by atoms with E-state index in [1.54, 1.807) is 0 Å². The molecule has 1 fully saturated rings. The maximum absolute atomic E-state index is 10.7. The molecule has 0 radical (unpaired) electrons. The summed E-state index contributed by atoms with van der Waals surface area (Å²) in [7, 11) is -2.15. The van der Waals surface area contributed by atoms with Gasteiger partial charge in [0, 0.05) is 14.2 Å². The average molecular weight is 272 g/mol. The van der Waals surface area contributed by atoms with Crippen molar-refractivity contribution < 1.29 is 36.5 Å². The molecule has 4 atom stereocenters. The highest BCUT2D eigenvalue weighted by molar-refractivity contribution is 7.80. The Balaban J connectivity index is 2.96. The first kappa shape index (κ1) is 14.8. The van der Waals surface area contributed by atoms with Crippen LogP contribution in [0.1, 0.15) is 6.92 Å². The molecule has 0 aromatic carbocycles. The lowest BCUT2D eigenvalue weighted by Crippen LogP contribution is -2.62. The first-order valence-corrected chi connectivity index (χ1v) is 6.15. The standard InChI is InChI=1S/C8H16O8S/c1-8(14-3)7(16-17(10,11)12)6(9)5(13-2)4-15-8/h5-7,9H,4H2,1-3H3,(H,10,11,12). The molecule has 1 aliphatic rings. The highest BCUT2D eigenvalue weighted by Gasteiger charge is 2.51. The van der Waals surface area contributed by atoms with Crippen molar-refractivity contribution in [2.45, 2.75) is 31.0 Å². The summed E-state index contributed by atoms with van der Waals surface area (Å²) >= 11 is 0. The summed E-state index contributed by atoms with van der Waals surface area (Å²) in [5.74, 6) is -1.50. The molecule has 0 aromatic rings. The lowest BCUT2D eigenvalue weighted by Gasteiger charge is -2.44. The maximum Gasteiger partial charge on any atom is 0.397 e. The van der Waals surface area contributed by atoms with Gasteiger partial charge in [-0.2, -0.15) is 8.42 Å². The highest BCUT2D eigenvalue weighted by atomic mass is 32.3. The summed E-state index contributed by atoms with van der Waals surface area (Å²) in [6, 6.07) is 0. The van der Waals surface area contributed by atoms with E-state index in [1.807, 2.05) is 0 Å². The molecule has 0 bridgehead atoms. The van der Waals surface area contributed by atoms with Crippen LogP contribution in [-0.4, -0.2) is 63.0 Å². The predicted octanol–water partition coefficient (Wildman–Crippen LogP) is -1.06. The third kappa shape index (κ3) is 3.35. The van der Waals surface area contributed by atoms with E-state index in [2.05, 4.69) is 4.18 Å². The van der Waals surface area contributed by atoms with Crippen LogP contribution < -0.4 is 0 Å². The Hall–Kier alpha value is -0.290. The van der Waals surface area contributed by atoms with Gasteiger partial charge in [-0.05, 0) is 6.92 Å². The second-order valence-electron chi connectivity index (χ2n) is 3.74. The Bertz CT molecular complexity index is 355. The number of rotatable bonds is 4. The zero-order valence-corrected chi connectivity index (χ0v) is 10.5. The Morgan fingerprint density at radius 1 is 1.41 bits per heavy atom. The van der Waals surface area contributed by atoms with Crippen LogP contribution in [0, 0.1) is 0 Å². The lowest BCUT2D eigenvalue weighted by molar-refractivity contribution is -0.318. The fraction of sp³-hybridized carbons (Fsp3) is 1.00. The molecule has 0 aliphatic carbocycles. The fourth-order valence-corrected chi connectivity index (χ4v) is 2.14. The van der Waals surface area contributed by atoms with Gasteiger partial charge in [-0.25, -0.2) is 4.18 Å². The number of methoxy groups -OCH3 is 2. The van der Waals surface area contributed by atoms with Crippen molar-refractivity contribution >= 4 is 10.4 Å². The van der Waals surface area contributed by atoms with E-state index in [-0.39, 0.29) is 6.61 Å². The molecule has 0 saturated carbocycles. The van der Waals surface area contributed by atoms with E-state index in [0.29, 0.717) is 0 Å². The van der Waals surface area contributed by atoms with Crippen molar-refractivity contribution in [3.05, 3.63) is 0 Å². The van der Waals surface area contributed by atoms with Crippen molar-refractivity contribution in [2.24, 2.45) is 0 Å². The third-order valence-electron chi connectivity index (χ3n) is 2.68. The molecule has 0 amide bonds. The van der Waals surface area contributed by atoms with Gasteiger partial charge in [0.15, 0.2) is 11.9 Å². The summed E-state index contributed by atoms with van der Waals surface area (Å²) in [4.78, 5) is 0. The van der Waals surface area contributed by atoms with E-state index in [4.69, 9.17) is 18.8 Å². The van der Waals surface area contributed by atoms with Gasteiger partial charge in [-0.1, -0.05) is 0 Å².